The van der Waals surface area contributed by atoms with Crippen molar-refractivity contribution in [1.29, 1.82) is 0 Å². The highest BCUT2D eigenvalue weighted by molar-refractivity contribution is 7.91. The third kappa shape index (κ3) is 4.24. The first kappa shape index (κ1) is 18.6. The van der Waals surface area contributed by atoms with E-state index in [0.29, 0.717) is 31.3 Å². The molecule has 3 aliphatic rings. The van der Waals surface area contributed by atoms with Gasteiger partial charge in [-0.1, -0.05) is 0 Å². The van der Waals surface area contributed by atoms with Gasteiger partial charge in [0.2, 0.25) is 11.9 Å². The highest BCUT2D eigenvalue weighted by Gasteiger charge is 2.36. The van der Waals surface area contributed by atoms with Gasteiger partial charge in [-0.05, 0) is 25.3 Å². The summed E-state index contributed by atoms with van der Waals surface area (Å²) < 4.78 is 23.4. The molecule has 1 aromatic heterocycles. The molecule has 0 bridgehead atoms. The van der Waals surface area contributed by atoms with Crippen LogP contribution in [-0.2, 0) is 14.6 Å². The van der Waals surface area contributed by atoms with Crippen LogP contribution in [0, 0.1) is 5.92 Å². The number of hydrogen-bond donors (Lipinski definition) is 0. The molecule has 0 N–H and O–H groups in total. The minimum Gasteiger partial charge on any atom is -0.340 e. The van der Waals surface area contributed by atoms with Crippen LogP contribution in [0.25, 0.3) is 0 Å². The summed E-state index contributed by atoms with van der Waals surface area (Å²) in [5.74, 6) is 1.48. The van der Waals surface area contributed by atoms with Gasteiger partial charge < -0.3 is 9.80 Å². The number of anilines is 1. The zero-order valence-corrected chi connectivity index (χ0v) is 16.4. The van der Waals surface area contributed by atoms with E-state index in [1.165, 1.54) is 0 Å². The van der Waals surface area contributed by atoms with E-state index < -0.39 is 9.84 Å². The molecule has 9 heteroatoms. The van der Waals surface area contributed by atoms with Crippen molar-refractivity contribution in [3.05, 3.63) is 18.5 Å². The molecule has 4 rings (SSSR count). The fourth-order valence-electron chi connectivity index (χ4n) is 4.44. The SMILES string of the molecule is O=C([C@H]1CCCN(c2ncccn2)C1)N1CCN([C@@H]2CCS(=O)(=O)C2)CC1. The summed E-state index contributed by atoms with van der Waals surface area (Å²) >= 11 is 0. The Morgan fingerprint density at radius 3 is 2.44 bits per heavy atom. The first-order chi connectivity index (χ1) is 13.0. The van der Waals surface area contributed by atoms with Gasteiger partial charge in [-0.25, -0.2) is 18.4 Å². The van der Waals surface area contributed by atoms with Crippen LogP contribution in [0.1, 0.15) is 19.3 Å². The maximum absolute atomic E-state index is 13.0. The van der Waals surface area contributed by atoms with Crippen LogP contribution in [0.4, 0.5) is 5.95 Å². The predicted octanol–water partition coefficient (Wildman–Crippen LogP) is 0.0243. The third-order valence-corrected chi connectivity index (χ3v) is 7.71. The average molecular weight is 394 g/mol. The summed E-state index contributed by atoms with van der Waals surface area (Å²) in [6.07, 6.45) is 6.06. The summed E-state index contributed by atoms with van der Waals surface area (Å²) in [6.45, 7) is 4.47. The molecule has 0 unspecified atom stereocenters. The van der Waals surface area contributed by atoms with Crippen LogP contribution in [-0.4, -0.2) is 90.9 Å². The van der Waals surface area contributed by atoms with Crippen molar-refractivity contribution in [3.63, 3.8) is 0 Å². The van der Waals surface area contributed by atoms with Gasteiger partial charge >= 0.3 is 0 Å². The summed E-state index contributed by atoms with van der Waals surface area (Å²) in [4.78, 5) is 27.9. The standard InChI is InChI=1S/C18H27N5O3S/c24-17(15-3-1-7-23(13-15)18-19-5-2-6-20-18)22-10-8-21(9-11-22)16-4-12-27(25,26)14-16/h2,5-6,15-16H,1,3-4,7-14H2/t15-,16+/m0/s1. The Morgan fingerprint density at radius 2 is 1.78 bits per heavy atom. The number of carbonyl (C=O) groups excluding carboxylic acids is 1. The molecule has 3 saturated heterocycles. The number of carbonyl (C=O) groups is 1. The van der Waals surface area contributed by atoms with Crippen LogP contribution in [0.3, 0.4) is 0 Å². The van der Waals surface area contributed by atoms with E-state index in [9.17, 15) is 13.2 Å². The molecule has 3 fully saturated rings. The van der Waals surface area contributed by atoms with E-state index in [0.717, 1.165) is 38.9 Å². The molecule has 1 aromatic rings. The molecule has 0 aliphatic carbocycles. The van der Waals surface area contributed by atoms with Gasteiger partial charge in [-0.2, -0.15) is 0 Å². The first-order valence-electron chi connectivity index (χ1n) is 9.77. The van der Waals surface area contributed by atoms with Gasteiger partial charge in [0.05, 0.1) is 17.4 Å². The smallest absolute Gasteiger partial charge is 0.227 e. The number of amides is 1. The van der Waals surface area contributed by atoms with Crippen LogP contribution >= 0.6 is 0 Å². The third-order valence-electron chi connectivity index (χ3n) is 5.96. The Hall–Kier alpha value is -1.74. The average Bonchev–Trinajstić information content (AvgIpc) is 3.08. The molecule has 8 nitrogen and oxygen atoms in total. The second-order valence-corrected chi connectivity index (χ2v) is 9.98. The van der Waals surface area contributed by atoms with Crippen LogP contribution in [0.15, 0.2) is 18.5 Å². The molecule has 0 radical (unpaired) electrons. The number of piperidine rings is 1. The van der Waals surface area contributed by atoms with Crippen molar-refractivity contribution in [2.45, 2.75) is 25.3 Å². The maximum atomic E-state index is 13.0. The molecule has 0 spiro atoms. The summed E-state index contributed by atoms with van der Waals surface area (Å²) in [5, 5.41) is 0. The lowest BCUT2D eigenvalue weighted by atomic mass is 9.96. The molecular formula is C18H27N5O3S. The highest BCUT2D eigenvalue weighted by Crippen LogP contribution is 2.24. The molecule has 2 atom stereocenters. The van der Waals surface area contributed by atoms with E-state index in [2.05, 4.69) is 19.8 Å². The lowest BCUT2D eigenvalue weighted by Gasteiger charge is -2.40. The van der Waals surface area contributed by atoms with Gasteiger partial charge in [0.15, 0.2) is 9.84 Å². The van der Waals surface area contributed by atoms with Crippen molar-refractivity contribution < 1.29 is 13.2 Å². The molecule has 1 amide bonds. The van der Waals surface area contributed by atoms with Crippen molar-refractivity contribution in [3.8, 4) is 0 Å². The molecule has 0 aromatic carbocycles. The van der Waals surface area contributed by atoms with Gasteiger partial charge in [-0.3, -0.25) is 9.69 Å². The lowest BCUT2D eigenvalue weighted by molar-refractivity contribution is -0.137. The first-order valence-corrected chi connectivity index (χ1v) is 11.6. The fraction of sp³-hybridized carbons (Fsp3) is 0.722. The number of aromatic nitrogens is 2. The minimum atomic E-state index is -2.86. The Morgan fingerprint density at radius 1 is 1.04 bits per heavy atom. The Kier molecular flexibility index (Phi) is 5.32. The van der Waals surface area contributed by atoms with Gasteiger partial charge in [0.25, 0.3) is 0 Å². The van der Waals surface area contributed by atoms with Gasteiger partial charge in [0.1, 0.15) is 0 Å². The van der Waals surface area contributed by atoms with Crippen LogP contribution in [0.2, 0.25) is 0 Å². The fourth-order valence-corrected chi connectivity index (χ4v) is 6.21. The second-order valence-electron chi connectivity index (χ2n) is 7.75. The summed E-state index contributed by atoms with van der Waals surface area (Å²) in [6, 6.07) is 1.93. The molecular weight excluding hydrogens is 366 g/mol. The maximum Gasteiger partial charge on any atom is 0.227 e. The quantitative estimate of drug-likeness (QED) is 0.716. The van der Waals surface area contributed by atoms with E-state index in [1.807, 2.05) is 4.90 Å². The number of nitrogens with zero attached hydrogens (tertiary/aromatic N) is 5. The van der Waals surface area contributed by atoms with Crippen LogP contribution < -0.4 is 4.90 Å². The summed E-state index contributed by atoms with van der Waals surface area (Å²) in [7, 11) is -2.86. The van der Waals surface area contributed by atoms with Crippen LogP contribution in [0.5, 0.6) is 0 Å². The molecule has 0 saturated carbocycles. The van der Waals surface area contributed by atoms with Crippen molar-refractivity contribution in [1.82, 2.24) is 19.8 Å². The number of piperazine rings is 1. The molecule has 3 aliphatic heterocycles. The van der Waals surface area contributed by atoms with E-state index in [4.69, 9.17) is 0 Å². The monoisotopic (exact) mass is 393 g/mol. The topological polar surface area (TPSA) is 86.7 Å². The lowest BCUT2D eigenvalue weighted by Crippen LogP contribution is -2.54. The van der Waals surface area contributed by atoms with E-state index in [1.54, 1.807) is 18.5 Å². The number of hydrogen-bond acceptors (Lipinski definition) is 7. The van der Waals surface area contributed by atoms with Crippen molar-refractivity contribution in [2.24, 2.45) is 5.92 Å². The molecule has 4 heterocycles. The van der Waals surface area contributed by atoms with E-state index in [-0.39, 0.29) is 23.6 Å². The number of rotatable bonds is 3. The normalized spacial score (nSPS) is 29.0. The Balaban J connectivity index is 1.31. The molecule has 27 heavy (non-hydrogen) atoms. The number of sulfone groups is 1. The zero-order chi connectivity index (χ0) is 18.9. The Bertz CT molecular complexity index is 764. The predicted molar refractivity (Wildman–Crippen MR) is 102 cm³/mol. The van der Waals surface area contributed by atoms with E-state index >= 15 is 0 Å². The zero-order valence-electron chi connectivity index (χ0n) is 15.5. The molecule has 148 valence electrons. The van der Waals surface area contributed by atoms with Crippen molar-refractivity contribution in [2.75, 3.05) is 55.7 Å². The van der Waals surface area contributed by atoms with Crippen molar-refractivity contribution >= 4 is 21.7 Å². The highest BCUT2D eigenvalue weighted by atomic mass is 32.2. The second kappa shape index (κ2) is 7.71. The van der Waals surface area contributed by atoms with Gasteiger partial charge in [0, 0.05) is 57.7 Å². The Labute approximate surface area is 160 Å². The largest absolute Gasteiger partial charge is 0.340 e. The summed E-state index contributed by atoms with van der Waals surface area (Å²) in [5.41, 5.74) is 0. The van der Waals surface area contributed by atoms with Gasteiger partial charge in [-0.15, -0.1) is 0 Å². The minimum absolute atomic E-state index is 0.0130.